The first-order valence-corrected chi connectivity index (χ1v) is 7.04. The average molecular weight is 264 g/mol. The van der Waals surface area contributed by atoms with Crippen LogP contribution in [0, 0.1) is 12.8 Å². The molecule has 0 radical (unpaired) electrons. The van der Waals surface area contributed by atoms with E-state index in [1.807, 2.05) is 0 Å². The van der Waals surface area contributed by atoms with Crippen molar-refractivity contribution < 1.29 is 8.42 Å². The highest BCUT2D eigenvalue weighted by Crippen LogP contribution is 2.31. The molecule has 1 aliphatic carbocycles. The van der Waals surface area contributed by atoms with Crippen molar-refractivity contribution in [3.05, 3.63) is 11.9 Å². The predicted octanol–water partition coefficient (Wildman–Crippen LogP) is 1.01. The Morgan fingerprint density at radius 3 is 2.81 bits per heavy atom. The highest BCUT2D eigenvalue weighted by molar-refractivity contribution is 7.89. The molecular formula is C9H14ClN3O2S. The smallest absolute Gasteiger partial charge is 0.243 e. The Labute approximate surface area is 99.6 Å². The van der Waals surface area contributed by atoms with Crippen LogP contribution in [-0.2, 0) is 10.0 Å². The third kappa shape index (κ3) is 2.39. The maximum atomic E-state index is 11.8. The molecule has 7 heteroatoms. The van der Waals surface area contributed by atoms with Gasteiger partial charge in [0.2, 0.25) is 10.0 Å². The maximum Gasteiger partial charge on any atom is 0.243 e. The number of aryl methyl sites for hydroxylation is 1. The second-order valence-corrected chi connectivity index (χ2v) is 6.50. The summed E-state index contributed by atoms with van der Waals surface area (Å²) in [5.74, 6) is 0.365. The molecule has 1 aromatic heterocycles. The molecule has 0 saturated heterocycles. The second kappa shape index (κ2) is 4.35. The van der Waals surface area contributed by atoms with Gasteiger partial charge in [0, 0.05) is 11.9 Å². The monoisotopic (exact) mass is 263 g/mol. The molecule has 1 aliphatic rings. The van der Waals surface area contributed by atoms with E-state index in [4.69, 9.17) is 11.6 Å². The van der Waals surface area contributed by atoms with Gasteiger partial charge in [0.25, 0.3) is 0 Å². The lowest BCUT2D eigenvalue weighted by atomic mass is 9.85. The van der Waals surface area contributed by atoms with Crippen LogP contribution < -0.4 is 4.72 Å². The molecule has 0 unspecified atom stereocenters. The molecular weight excluding hydrogens is 250 g/mol. The highest BCUT2D eigenvalue weighted by atomic mass is 35.5. The Morgan fingerprint density at radius 2 is 2.31 bits per heavy atom. The maximum absolute atomic E-state index is 11.8. The normalized spacial score (nSPS) is 25.4. The van der Waals surface area contributed by atoms with E-state index in [9.17, 15) is 8.42 Å². The van der Waals surface area contributed by atoms with Crippen molar-refractivity contribution in [2.45, 2.75) is 30.0 Å². The number of sulfonamides is 1. The van der Waals surface area contributed by atoms with Crippen LogP contribution in [0.25, 0.3) is 0 Å². The Bertz CT molecular complexity index is 465. The first kappa shape index (κ1) is 11.9. The molecule has 16 heavy (non-hydrogen) atoms. The number of hydrogen-bond donors (Lipinski definition) is 2. The lowest BCUT2D eigenvalue weighted by molar-refractivity contribution is 0.324. The summed E-state index contributed by atoms with van der Waals surface area (Å²) in [5, 5.41) is 6.52. The van der Waals surface area contributed by atoms with Crippen LogP contribution in [0.5, 0.6) is 0 Å². The Hall–Kier alpha value is -0.590. The summed E-state index contributed by atoms with van der Waals surface area (Å²) in [4.78, 5) is 0.217. The number of nitrogens with one attached hydrogen (secondary N) is 2. The van der Waals surface area contributed by atoms with Crippen LogP contribution in [0.3, 0.4) is 0 Å². The van der Waals surface area contributed by atoms with Gasteiger partial charge in [0.05, 0.1) is 11.9 Å². The molecule has 0 bridgehead atoms. The summed E-state index contributed by atoms with van der Waals surface area (Å²) < 4.78 is 26.3. The number of alkyl halides is 1. The Kier molecular flexibility index (Phi) is 3.23. The molecule has 1 heterocycles. The largest absolute Gasteiger partial charge is 0.281 e. The lowest BCUT2D eigenvalue weighted by Crippen LogP contribution is -2.36. The van der Waals surface area contributed by atoms with Gasteiger partial charge in [-0.3, -0.25) is 5.10 Å². The summed E-state index contributed by atoms with van der Waals surface area (Å²) in [5.41, 5.74) is 0.552. The fourth-order valence-corrected chi connectivity index (χ4v) is 3.49. The van der Waals surface area contributed by atoms with Crippen LogP contribution in [-0.4, -0.2) is 30.5 Å². The number of H-pyrrole nitrogens is 1. The van der Waals surface area contributed by atoms with Gasteiger partial charge in [-0.25, -0.2) is 13.1 Å². The van der Waals surface area contributed by atoms with E-state index in [-0.39, 0.29) is 10.3 Å². The van der Waals surface area contributed by atoms with Crippen molar-refractivity contribution in [1.82, 2.24) is 14.9 Å². The van der Waals surface area contributed by atoms with E-state index >= 15 is 0 Å². The highest BCUT2D eigenvalue weighted by Gasteiger charge is 2.29. The zero-order chi connectivity index (χ0) is 11.8. The van der Waals surface area contributed by atoms with E-state index in [2.05, 4.69) is 14.9 Å². The second-order valence-electron chi connectivity index (χ2n) is 4.15. The molecule has 2 N–H and O–H groups in total. The zero-order valence-corrected chi connectivity index (χ0v) is 10.5. The van der Waals surface area contributed by atoms with Gasteiger partial charge in [-0.1, -0.05) is 0 Å². The summed E-state index contributed by atoms with van der Waals surface area (Å²) in [6.07, 6.45) is 3.09. The van der Waals surface area contributed by atoms with Gasteiger partial charge in [-0.2, -0.15) is 5.10 Å². The molecule has 0 aliphatic heterocycles. The number of hydrogen-bond acceptors (Lipinski definition) is 3. The minimum absolute atomic E-state index is 0.213. The van der Waals surface area contributed by atoms with Crippen LogP contribution in [0.2, 0.25) is 0 Å². The van der Waals surface area contributed by atoms with Gasteiger partial charge >= 0.3 is 0 Å². The summed E-state index contributed by atoms with van der Waals surface area (Å²) in [7, 11) is -3.42. The fourth-order valence-electron chi connectivity index (χ4n) is 1.74. The van der Waals surface area contributed by atoms with Crippen LogP contribution >= 0.6 is 11.6 Å². The number of aromatic amines is 1. The average Bonchev–Trinajstić information content (AvgIpc) is 2.58. The molecule has 0 atom stereocenters. The van der Waals surface area contributed by atoms with Crippen LogP contribution in [0.4, 0.5) is 0 Å². The van der Waals surface area contributed by atoms with Crippen molar-refractivity contribution in [2.75, 3.05) is 6.54 Å². The van der Waals surface area contributed by atoms with E-state index < -0.39 is 10.0 Å². The fraction of sp³-hybridized carbons (Fsp3) is 0.667. The molecule has 0 amide bonds. The van der Waals surface area contributed by atoms with E-state index in [1.54, 1.807) is 6.92 Å². The minimum Gasteiger partial charge on any atom is -0.281 e. The summed E-state index contributed by atoms with van der Waals surface area (Å²) in [6.45, 7) is 2.13. The van der Waals surface area contributed by atoms with Crippen LogP contribution in [0.15, 0.2) is 11.1 Å². The van der Waals surface area contributed by atoms with Gasteiger partial charge in [-0.15, -0.1) is 11.6 Å². The molecule has 5 nitrogen and oxygen atoms in total. The topological polar surface area (TPSA) is 74.8 Å². The van der Waals surface area contributed by atoms with E-state index in [0.29, 0.717) is 18.2 Å². The van der Waals surface area contributed by atoms with E-state index in [0.717, 1.165) is 12.8 Å². The lowest BCUT2D eigenvalue weighted by Gasteiger charge is -2.30. The number of rotatable bonds is 4. The SMILES string of the molecule is Cc1[nH]ncc1S(=O)(=O)NCC1CC(Cl)C1. The molecule has 90 valence electrons. The zero-order valence-electron chi connectivity index (χ0n) is 8.90. The molecule has 1 saturated carbocycles. The summed E-state index contributed by atoms with van der Waals surface area (Å²) in [6, 6.07) is 0. The van der Waals surface area contributed by atoms with Crippen molar-refractivity contribution in [3.8, 4) is 0 Å². The van der Waals surface area contributed by atoms with Gasteiger partial charge in [-0.05, 0) is 25.7 Å². The number of nitrogens with zero attached hydrogens (tertiary/aromatic N) is 1. The van der Waals surface area contributed by atoms with Gasteiger partial charge in [0.15, 0.2) is 0 Å². The summed E-state index contributed by atoms with van der Waals surface area (Å²) >= 11 is 5.83. The van der Waals surface area contributed by atoms with Crippen molar-refractivity contribution >= 4 is 21.6 Å². The van der Waals surface area contributed by atoms with Crippen molar-refractivity contribution in [1.29, 1.82) is 0 Å². The number of aromatic nitrogens is 2. The molecule has 1 aromatic rings. The third-order valence-corrected chi connectivity index (χ3v) is 4.71. The number of halogens is 1. The third-order valence-electron chi connectivity index (χ3n) is 2.81. The molecule has 1 fully saturated rings. The van der Waals surface area contributed by atoms with E-state index in [1.165, 1.54) is 6.20 Å². The van der Waals surface area contributed by atoms with Gasteiger partial charge in [0.1, 0.15) is 4.90 Å². The predicted molar refractivity (Wildman–Crippen MR) is 60.9 cm³/mol. The first-order valence-electron chi connectivity index (χ1n) is 5.13. The molecule has 0 spiro atoms. The Morgan fingerprint density at radius 1 is 1.62 bits per heavy atom. The molecule has 2 rings (SSSR count). The minimum atomic E-state index is -3.42. The molecule has 0 aromatic carbocycles. The van der Waals surface area contributed by atoms with Crippen molar-refractivity contribution in [3.63, 3.8) is 0 Å². The van der Waals surface area contributed by atoms with Crippen molar-refractivity contribution in [2.24, 2.45) is 5.92 Å². The Balaban J connectivity index is 1.96. The van der Waals surface area contributed by atoms with Gasteiger partial charge < -0.3 is 0 Å². The van der Waals surface area contributed by atoms with Crippen LogP contribution in [0.1, 0.15) is 18.5 Å². The quantitative estimate of drug-likeness (QED) is 0.797. The first-order chi connectivity index (χ1) is 7.49. The standard InChI is InChI=1S/C9H14ClN3O2S/c1-6-9(5-11-13-6)16(14,15)12-4-7-2-8(10)3-7/h5,7-8,12H,2-4H2,1H3,(H,11,13).